The van der Waals surface area contributed by atoms with Crippen molar-refractivity contribution in [1.82, 2.24) is 0 Å². The number of rotatable bonds is 5. The Labute approximate surface area is 119 Å². The van der Waals surface area contributed by atoms with Crippen LogP contribution in [0.5, 0.6) is 0 Å². The Bertz CT molecular complexity index is 554. The Kier molecular flexibility index (Phi) is 4.74. The summed E-state index contributed by atoms with van der Waals surface area (Å²) in [6.07, 6.45) is 0.158. The Balaban J connectivity index is 2.15. The van der Waals surface area contributed by atoms with Gasteiger partial charge in [-0.15, -0.1) is 0 Å². The highest BCUT2D eigenvalue weighted by Gasteiger charge is 2.15. The van der Waals surface area contributed by atoms with Gasteiger partial charge in [0.1, 0.15) is 5.82 Å². The number of aliphatic hydroxyl groups excluding tert-OH is 1. The topological polar surface area (TPSA) is 23.5 Å². The van der Waals surface area contributed by atoms with Gasteiger partial charge in [-0.3, -0.25) is 0 Å². The summed E-state index contributed by atoms with van der Waals surface area (Å²) in [4.78, 5) is 1.87. The molecule has 2 aromatic carbocycles. The van der Waals surface area contributed by atoms with Crippen molar-refractivity contribution in [1.29, 1.82) is 0 Å². The lowest BCUT2D eigenvalue weighted by Crippen LogP contribution is -2.23. The van der Waals surface area contributed by atoms with Gasteiger partial charge in [0.25, 0.3) is 0 Å². The number of hydrogen-bond donors (Lipinski definition) is 1. The molecule has 2 nitrogen and oxygen atoms in total. The van der Waals surface area contributed by atoms with Crippen LogP contribution in [-0.2, 0) is 6.42 Å². The molecule has 0 aliphatic rings. The van der Waals surface area contributed by atoms with E-state index in [1.54, 1.807) is 19.1 Å². The number of hydrogen-bond acceptors (Lipinski definition) is 2. The van der Waals surface area contributed by atoms with Gasteiger partial charge in [-0.2, -0.15) is 0 Å². The second-order valence-electron chi connectivity index (χ2n) is 5.01. The molecule has 0 fully saturated rings. The first-order chi connectivity index (χ1) is 9.59. The molecule has 0 heterocycles. The lowest BCUT2D eigenvalue weighted by atomic mass is 10.1. The normalized spacial score (nSPS) is 12.2. The highest BCUT2D eigenvalue weighted by molar-refractivity contribution is 5.55. The van der Waals surface area contributed by atoms with Crippen molar-refractivity contribution >= 4 is 5.69 Å². The minimum atomic E-state index is -0.681. The Morgan fingerprint density at radius 2 is 1.80 bits per heavy atom. The van der Waals surface area contributed by atoms with Gasteiger partial charge < -0.3 is 10.0 Å². The number of nitrogens with zero attached hydrogens (tertiary/aromatic N) is 1. The van der Waals surface area contributed by atoms with Crippen LogP contribution in [-0.4, -0.2) is 18.7 Å². The van der Waals surface area contributed by atoms with Crippen LogP contribution in [0.4, 0.5) is 10.1 Å². The van der Waals surface area contributed by atoms with E-state index in [4.69, 9.17) is 0 Å². The number of para-hydroxylation sites is 1. The molecule has 0 saturated carbocycles. The Morgan fingerprint density at radius 3 is 2.45 bits per heavy atom. The molecule has 106 valence electrons. The van der Waals surface area contributed by atoms with E-state index in [9.17, 15) is 9.50 Å². The van der Waals surface area contributed by atoms with Gasteiger partial charge in [-0.05, 0) is 25.0 Å². The summed E-state index contributed by atoms with van der Waals surface area (Å²) in [7, 11) is 1.85. The van der Waals surface area contributed by atoms with E-state index in [2.05, 4.69) is 12.1 Å². The summed E-state index contributed by atoms with van der Waals surface area (Å²) < 4.78 is 14.0. The van der Waals surface area contributed by atoms with Crippen LogP contribution in [0.1, 0.15) is 24.2 Å². The van der Waals surface area contributed by atoms with Crippen molar-refractivity contribution in [2.24, 2.45) is 0 Å². The zero-order valence-corrected chi connectivity index (χ0v) is 11.9. The molecule has 0 aliphatic heterocycles. The van der Waals surface area contributed by atoms with Gasteiger partial charge in [0.05, 0.1) is 11.8 Å². The van der Waals surface area contributed by atoms with Crippen molar-refractivity contribution in [3.63, 3.8) is 0 Å². The lowest BCUT2D eigenvalue weighted by molar-refractivity contribution is 0.199. The van der Waals surface area contributed by atoms with E-state index < -0.39 is 6.10 Å². The third kappa shape index (κ3) is 3.36. The monoisotopic (exact) mass is 273 g/mol. The molecule has 0 bridgehead atoms. The van der Waals surface area contributed by atoms with Gasteiger partial charge in [-0.1, -0.05) is 42.5 Å². The van der Waals surface area contributed by atoms with Crippen LogP contribution >= 0.6 is 0 Å². The van der Waals surface area contributed by atoms with Gasteiger partial charge in [0.2, 0.25) is 0 Å². The van der Waals surface area contributed by atoms with Crippen molar-refractivity contribution in [2.75, 3.05) is 18.5 Å². The zero-order chi connectivity index (χ0) is 14.5. The van der Waals surface area contributed by atoms with Crippen LogP contribution < -0.4 is 4.90 Å². The minimum Gasteiger partial charge on any atom is -0.389 e. The van der Waals surface area contributed by atoms with E-state index in [0.717, 1.165) is 6.42 Å². The average Bonchev–Trinajstić information content (AvgIpc) is 2.45. The van der Waals surface area contributed by atoms with E-state index in [0.29, 0.717) is 17.8 Å². The van der Waals surface area contributed by atoms with Crippen molar-refractivity contribution in [3.8, 4) is 0 Å². The van der Waals surface area contributed by atoms with E-state index in [1.807, 2.05) is 30.1 Å². The maximum Gasteiger partial charge on any atom is 0.146 e. The molecule has 2 aromatic rings. The SMILES string of the molecule is C[C@@H](O)c1cccc(F)c1N(C)CCc1ccccc1. The van der Waals surface area contributed by atoms with Crippen LogP contribution in [0.15, 0.2) is 48.5 Å². The highest BCUT2D eigenvalue weighted by atomic mass is 19.1. The Morgan fingerprint density at radius 1 is 1.10 bits per heavy atom. The Hall–Kier alpha value is -1.87. The van der Waals surface area contributed by atoms with Crippen molar-refractivity contribution < 1.29 is 9.50 Å². The predicted octanol–water partition coefficient (Wildman–Crippen LogP) is 3.56. The summed E-state index contributed by atoms with van der Waals surface area (Å²) in [5.74, 6) is -0.293. The third-order valence-electron chi connectivity index (χ3n) is 3.43. The van der Waals surface area contributed by atoms with Gasteiger partial charge >= 0.3 is 0 Å². The second-order valence-corrected chi connectivity index (χ2v) is 5.01. The standard InChI is InChI=1S/C17H20FNO/c1-13(20)15-9-6-10-16(18)17(15)19(2)12-11-14-7-4-3-5-8-14/h3-10,13,20H,11-12H2,1-2H3/t13-/m1/s1. The average molecular weight is 273 g/mol. The lowest BCUT2D eigenvalue weighted by Gasteiger charge is -2.24. The summed E-state index contributed by atoms with van der Waals surface area (Å²) in [6, 6.07) is 14.9. The summed E-state index contributed by atoms with van der Waals surface area (Å²) in [5.41, 5.74) is 2.33. The molecule has 2 rings (SSSR count). The highest BCUT2D eigenvalue weighted by Crippen LogP contribution is 2.28. The molecule has 1 N–H and O–H groups in total. The van der Waals surface area contributed by atoms with Crippen molar-refractivity contribution in [3.05, 3.63) is 65.5 Å². The maximum atomic E-state index is 14.0. The number of likely N-dealkylation sites (N-methyl/N-ethyl adjacent to an activating group) is 1. The minimum absolute atomic E-state index is 0.293. The van der Waals surface area contributed by atoms with E-state index in [1.165, 1.54) is 11.6 Å². The van der Waals surface area contributed by atoms with Gasteiger partial charge in [0, 0.05) is 19.2 Å². The van der Waals surface area contributed by atoms with E-state index in [-0.39, 0.29) is 5.82 Å². The summed E-state index contributed by atoms with van der Waals surface area (Å²) in [5, 5.41) is 9.77. The molecule has 20 heavy (non-hydrogen) atoms. The third-order valence-corrected chi connectivity index (χ3v) is 3.43. The van der Waals surface area contributed by atoms with Crippen LogP contribution in [0.3, 0.4) is 0 Å². The summed E-state index contributed by atoms with van der Waals surface area (Å²) in [6.45, 7) is 2.36. The number of halogens is 1. The molecular formula is C17H20FNO. The molecule has 0 spiro atoms. The molecule has 1 atom stereocenters. The van der Waals surface area contributed by atoms with Gasteiger partial charge in [0.15, 0.2) is 0 Å². The number of aliphatic hydroxyl groups is 1. The molecule has 3 heteroatoms. The van der Waals surface area contributed by atoms with Crippen LogP contribution in [0.2, 0.25) is 0 Å². The first-order valence-electron chi connectivity index (χ1n) is 6.81. The first-order valence-corrected chi connectivity index (χ1v) is 6.81. The fourth-order valence-electron chi connectivity index (χ4n) is 2.33. The quantitative estimate of drug-likeness (QED) is 0.900. The van der Waals surface area contributed by atoms with Crippen LogP contribution in [0.25, 0.3) is 0 Å². The smallest absolute Gasteiger partial charge is 0.146 e. The fraction of sp³-hybridized carbons (Fsp3) is 0.294. The predicted molar refractivity (Wildman–Crippen MR) is 80.4 cm³/mol. The maximum absolute atomic E-state index is 14.0. The molecule has 0 unspecified atom stereocenters. The zero-order valence-electron chi connectivity index (χ0n) is 11.9. The molecule has 0 aliphatic carbocycles. The van der Waals surface area contributed by atoms with Gasteiger partial charge in [-0.25, -0.2) is 4.39 Å². The molecule has 0 saturated heterocycles. The fourth-order valence-corrected chi connectivity index (χ4v) is 2.33. The second kappa shape index (κ2) is 6.53. The number of benzene rings is 2. The molecular weight excluding hydrogens is 253 g/mol. The molecule has 0 radical (unpaired) electrons. The first kappa shape index (κ1) is 14.5. The van der Waals surface area contributed by atoms with Crippen LogP contribution in [0, 0.1) is 5.82 Å². The molecule has 0 amide bonds. The number of anilines is 1. The van der Waals surface area contributed by atoms with E-state index >= 15 is 0 Å². The molecule has 0 aromatic heterocycles. The van der Waals surface area contributed by atoms with Crippen molar-refractivity contribution in [2.45, 2.75) is 19.4 Å². The summed E-state index contributed by atoms with van der Waals surface area (Å²) >= 11 is 0. The largest absolute Gasteiger partial charge is 0.389 e.